The van der Waals surface area contributed by atoms with Gasteiger partial charge in [0.2, 0.25) is 0 Å². The number of hydrogen-bond acceptors (Lipinski definition) is 4. The van der Waals surface area contributed by atoms with Crippen molar-refractivity contribution < 1.29 is 9.47 Å². The van der Waals surface area contributed by atoms with Gasteiger partial charge >= 0.3 is 0 Å². The lowest BCUT2D eigenvalue weighted by molar-refractivity contribution is 0.169. The monoisotopic (exact) mass is 270 g/mol. The maximum absolute atomic E-state index is 5.71. The smallest absolute Gasteiger partial charge is 0.165 e. The number of para-hydroxylation sites is 1. The lowest BCUT2D eigenvalue weighted by atomic mass is 10.1. The quantitative estimate of drug-likeness (QED) is 0.927. The Kier molecular flexibility index (Phi) is 3.83. The third-order valence-electron chi connectivity index (χ3n) is 3.38. The zero-order valence-electron chi connectivity index (χ0n) is 11.5. The van der Waals surface area contributed by atoms with Gasteiger partial charge in [0.25, 0.3) is 0 Å². The fourth-order valence-electron chi connectivity index (χ4n) is 2.27. The van der Waals surface area contributed by atoms with Crippen molar-refractivity contribution >= 4 is 0 Å². The summed E-state index contributed by atoms with van der Waals surface area (Å²) in [7, 11) is 0. The van der Waals surface area contributed by atoms with Gasteiger partial charge in [-0.3, -0.25) is 4.98 Å². The molecule has 1 aliphatic rings. The first-order chi connectivity index (χ1) is 9.84. The highest BCUT2D eigenvalue weighted by Crippen LogP contribution is 2.33. The van der Waals surface area contributed by atoms with Crippen LogP contribution >= 0.6 is 0 Å². The fraction of sp³-hybridized carbons (Fsp3) is 0.312. The van der Waals surface area contributed by atoms with Crippen LogP contribution in [0.5, 0.6) is 11.5 Å². The average molecular weight is 270 g/mol. The van der Waals surface area contributed by atoms with E-state index >= 15 is 0 Å². The normalized spacial score (nSPS) is 14.8. The molecule has 0 spiro atoms. The van der Waals surface area contributed by atoms with E-state index in [1.807, 2.05) is 36.5 Å². The van der Waals surface area contributed by atoms with Gasteiger partial charge in [-0.1, -0.05) is 18.2 Å². The predicted molar refractivity (Wildman–Crippen MR) is 76.9 cm³/mol. The van der Waals surface area contributed by atoms with Crippen LogP contribution in [0, 0.1) is 0 Å². The van der Waals surface area contributed by atoms with E-state index in [9.17, 15) is 0 Å². The number of nitrogens with one attached hydrogen (secondary N) is 1. The molecule has 0 radical (unpaired) electrons. The Labute approximate surface area is 118 Å². The van der Waals surface area contributed by atoms with Crippen molar-refractivity contribution in [3.63, 3.8) is 0 Å². The molecule has 0 unspecified atom stereocenters. The number of nitrogens with zero attached hydrogens (tertiary/aromatic N) is 1. The summed E-state index contributed by atoms with van der Waals surface area (Å²) >= 11 is 0. The van der Waals surface area contributed by atoms with Crippen LogP contribution in [-0.2, 0) is 6.54 Å². The zero-order valence-corrected chi connectivity index (χ0v) is 11.5. The Morgan fingerprint density at radius 3 is 2.90 bits per heavy atom. The van der Waals surface area contributed by atoms with E-state index in [4.69, 9.17) is 9.47 Å². The van der Waals surface area contributed by atoms with Crippen LogP contribution < -0.4 is 14.8 Å². The Hall–Kier alpha value is -2.07. The number of benzene rings is 1. The first kappa shape index (κ1) is 12.9. The van der Waals surface area contributed by atoms with Crippen molar-refractivity contribution in [2.45, 2.75) is 19.5 Å². The highest BCUT2D eigenvalue weighted by Gasteiger charge is 2.16. The summed E-state index contributed by atoms with van der Waals surface area (Å²) in [4.78, 5) is 4.36. The molecule has 1 aromatic carbocycles. The summed E-state index contributed by atoms with van der Waals surface area (Å²) in [5, 5.41) is 3.47. The summed E-state index contributed by atoms with van der Waals surface area (Å²) in [5.41, 5.74) is 2.15. The Morgan fingerprint density at radius 2 is 2.05 bits per heavy atom. The highest BCUT2D eigenvalue weighted by atomic mass is 16.6. The first-order valence-corrected chi connectivity index (χ1v) is 6.86. The molecule has 2 aromatic rings. The van der Waals surface area contributed by atoms with Crippen molar-refractivity contribution in [2.24, 2.45) is 0 Å². The van der Waals surface area contributed by atoms with Gasteiger partial charge in [-0.05, 0) is 25.1 Å². The minimum Gasteiger partial charge on any atom is -0.486 e. The lowest BCUT2D eigenvalue weighted by Gasteiger charge is -2.22. The SMILES string of the molecule is C[C@H](NCc1cccc2c1OCCO2)c1ccccn1. The largest absolute Gasteiger partial charge is 0.486 e. The molecule has 4 heteroatoms. The molecule has 4 nitrogen and oxygen atoms in total. The molecular weight excluding hydrogens is 252 g/mol. The number of fused-ring (bicyclic) bond motifs is 1. The van der Waals surface area contributed by atoms with E-state index in [0.29, 0.717) is 13.2 Å². The van der Waals surface area contributed by atoms with Gasteiger partial charge in [-0.2, -0.15) is 0 Å². The van der Waals surface area contributed by atoms with Crippen molar-refractivity contribution in [3.05, 3.63) is 53.9 Å². The molecule has 0 fully saturated rings. The van der Waals surface area contributed by atoms with Crippen LogP contribution in [0.3, 0.4) is 0 Å². The Bertz CT molecular complexity index is 572. The van der Waals surface area contributed by atoms with E-state index in [-0.39, 0.29) is 6.04 Å². The van der Waals surface area contributed by atoms with Crippen molar-refractivity contribution in [1.82, 2.24) is 10.3 Å². The second-order valence-corrected chi connectivity index (χ2v) is 4.80. The third-order valence-corrected chi connectivity index (χ3v) is 3.38. The molecule has 0 saturated carbocycles. The molecule has 0 saturated heterocycles. The Morgan fingerprint density at radius 1 is 1.15 bits per heavy atom. The van der Waals surface area contributed by atoms with Crippen molar-refractivity contribution in [2.75, 3.05) is 13.2 Å². The van der Waals surface area contributed by atoms with Gasteiger partial charge in [0.1, 0.15) is 13.2 Å². The molecule has 0 bridgehead atoms. The molecule has 1 atom stereocenters. The molecular formula is C16H18N2O2. The summed E-state index contributed by atoms with van der Waals surface area (Å²) in [5.74, 6) is 1.69. The molecule has 3 rings (SSSR count). The highest BCUT2D eigenvalue weighted by molar-refractivity contribution is 5.47. The fourth-order valence-corrected chi connectivity index (χ4v) is 2.27. The van der Waals surface area contributed by atoms with Gasteiger partial charge in [0.15, 0.2) is 11.5 Å². The predicted octanol–water partition coefficient (Wildman–Crippen LogP) is 2.70. The van der Waals surface area contributed by atoms with Crippen LogP contribution in [0.2, 0.25) is 0 Å². The number of aromatic nitrogens is 1. The topological polar surface area (TPSA) is 43.4 Å². The van der Waals surface area contributed by atoms with Gasteiger partial charge in [0.05, 0.1) is 5.69 Å². The molecule has 0 amide bonds. The minimum atomic E-state index is 0.191. The number of rotatable bonds is 4. The molecule has 1 aromatic heterocycles. The van der Waals surface area contributed by atoms with Gasteiger partial charge < -0.3 is 14.8 Å². The molecule has 0 aliphatic carbocycles. The van der Waals surface area contributed by atoms with Gasteiger partial charge in [-0.25, -0.2) is 0 Å². The lowest BCUT2D eigenvalue weighted by Crippen LogP contribution is -2.21. The third kappa shape index (κ3) is 2.75. The van der Waals surface area contributed by atoms with Crippen LogP contribution in [0.25, 0.3) is 0 Å². The second-order valence-electron chi connectivity index (χ2n) is 4.80. The second kappa shape index (κ2) is 5.92. The standard InChI is InChI=1S/C16H18N2O2/c1-12(14-6-2-3-8-17-14)18-11-13-5-4-7-15-16(13)20-10-9-19-15/h2-8,12,18H,9-11H2,1H3/t12-/m0/s1. The van der Waals surface area contributed by atoms with Crippen LogP contribution in [0.4, 0.5) is 0 Å². The van der Waals surface area contributed by atoms with E-state index in [1.165, 1.54) is 0 Å². The maximum atomic E-state index is 5.71. The minimum absolute atomic E-state index is 0.191. The van der Waals surface area contributed by atoms with Crippen LogP contribution in [0.15, 0.2) is 42.6 Å². The molecule has 2 heterocycles. The van der Waals surface area contributed by atoms with Crippen molar-refractivity contribution in [1.29, 1.82) is 0 Å². The first-order valence-electron chi connectivity index (χ1n) is 6.86. The number of ether oxygens (including phenoxy) is 2. The van der Waals surface area contributed by atoms with Crippen LogP contribution in [0.1, 0.15) is 24.2 Å². The average Bonchev–Trinajstić information content (AvgIpc) is 2.53. The van der Waals surface area contributed by atoms with Crippen molar-refractivity contribution in [3.8, 4) is 11.5 Å². The Balaban J connectivity index is 1.70. The van der Waals surface area contributed by atoms with E-state index in [1.54, 1.807) is 0 Å². The number of hydrogen-bond donors (Lipinski definition) is 1. The summed E-state index contributed by atoms with van der Waals surface area (Å²) in [6, 6.07) is 12.1. The van der Waals surface area contributed by atoms with Gasteiger partial charge in [-0.15, -0.1) is 0 Å². The molecule has 20 heavy (non-hydrogen) atoms. The van der Waals surface area contributed by atoms with E-state index in [0.717, 1.165) is 29.3 Å². The molecule has 1 aliphatic heterocycles. The number of pyridine rings is 1. The summed E-state index contributed by atoms with van der Waals surface area (Å²) < 4.78 is 11.3. The van der Waals surface area contributed by atoms with Gasteiger partial charge in [0, 0.05) is 24.3 Å². The molecule has 104 valence electrons. The van der Waals surface area contributed by atoms with E-state index < -0.39 is 0 Å². The summed E-state index contributed by atoms with van der Waals surface area (Å²) in [6.45, 7) is 4.06. The zero-order chi connectivity index (χ0) is 13.8. The van der Waals surface area contributed by atoms with Crippen LogP contribution in [-0.4, -0.2) is 18.2 Å². The van der Waals surface area contributed by atoms with E-state index in [2.05, 4.69) is 23.3 Å². The summed E-state index contributed by atoms with van der Waals surface area (Å²) in [6.07, 6.45) is 1.81. The maximum Gasteiger partial charge on any atom is 0.165 e. The molecule has 1 N–H and O–H groups in total.